The number of aromatic nitrogens is 2. The fourth-order valence-electron chi connectivity index (χ4n) is 8.80. The molecular formula is C53H34N2S. The molecule has 10 aromatic rings. The predicted molar refractivity (Wildman–Crippen MR) is 234 cm³/mol. The van der Waals surface area contributed by atoms with Gasteiger partial charge in [0.1, 0.15) is 0 Å². The fourth-order valence-corrected chi connectivity index (χ4v) is 9.94. The lowest BCUT2D eigenvalue weighted by Crippen LogP contribution is -2.28. The third kappa shape index (κ3) is 5.16. The minimum Gasteiger partial charge on any atom is -0.228 e. The molecule has 0 bridgehead atoms. The average Bonchev–Trinajstić information content (AvgIpc) is 3.80. The number of rotatable bonds is 6. The van der Waals surface area contributed by atoms with Crippen LogP contribution in [0.25, 0.3) is 76.3 Å². The van der Waals surface area contributed by atoms with Crippen molar-refractivity contribution in [3.63, 3.8) is 0 Å². The van der Waals surface area contributed by atoms with Gasteiger partial charge in [-0.2, -0.15) is 0 Å². The first-order chi connectivity index (χ1) is 27.7. The van der Waals surface area contributed by atoms with Crippen molar-refractivity contribution in [2.75, 3.05) is 0 Å². The van der Waals surface area contributed by atoms with Gasteiger partial charge >= 0.3 is 0 Å². The summed E-state index contributed by atoms with van der Waals surface area (Å²) in [6, 6.07) is 74.5. The summed E-state index contributed by atoms with van der Waals surface area (Å²) in [4.78, 5) is 10.3. The topological polar surface area (TPSA) is 25.8 Å². The van der Waals surface area contributed by atoms with Crippen LogP contribution in [0.5, 0.6) is 0 Å². The van der Waals surface area contributed by atoms with Crippen molar-refractivity contribution < 1.29 is 0 Å². The Bertz CT molecular complexity index is 3010. The second-order valence-electron chi connectivity index (χ2n) is 14.5. The molecule has 2 heterocycles. The molecule has 0 amide bonds. The molecule has 1 aliphatic carbocycles. The summed E-state index contributed by atoms with van der Waals surface area (Å²) in [6.45, 7) is 0. The van der Waals surface area contributed by atoms with E-state index in [0.29, 0.717) is 5.82 Å². The molecule has 0 aliphatic heterocycles. The lowest BCUT2D eigenvalue weighted by atomic mass is 9.67. The number of benzene rings is 8. The maximum Gasteiger partial charge on any atom is 0.160 e. The van der Waals surface area contributed by atoms with E-state index in [0.717, 1.165) is 28.1 Å². The summed E-state index contributed by atoms with van der Waals surface area (Å²) in [7, 11) is 0. The van der Waals surface area contributed by atoms with Crippen LogP contribution < -0.4 is 0 Å². The summed E-state index contributed by atoms with van der Waals surface area (Å²) in [5.74, 6) is 0.709. The predicted octanol–water partition coefficient (Wildman–Crippen LogP) is 13.9. The second kappa shape index (κ2) is 13.1. The van der Waals surface area contributed by atoms with Crippen LogP contribution in [0, 0.1) is 0 Å². The zero-order chi connectivity index (χ0) is 37.1. The van der Waals surface area contributed by atoms with E-state index in [1.807, 2.05) is 29.5 Å². The molecule has 11 rings (SSSR count). The molecule has 3 heteroatoms. The quantitative estimate of drug-likeness (QED) is 0.170. The van der Waals surface area contributed by atoms with Crippen LogP contribution in [-0.4, -0.2) is 9.97 Å². The first-order valence-electron chi connectivity index (χ1n) is 19.1. The van der Waals surface area contributed by atoms with E-state index < -0.39 is 5.41 Å². The number of thiophene rings is 1. The van der Waals surface area contributed by atoms with Gasteiger partial charge in [-0.25, -0.2) is 9.97 Å². The molecule has 0 spiro atoms. The van der Waals surface area contributed by atoms with E-state index in [2.05, 4.69) is 188 Å². The number of hydrogen-bond acceptors (Lipinski definition) is 3. The first kappa shape index (κ1) is 32.5. The van der Waals surface area contributed by atoms with Crippen molar-refractivity contribution in [3.8, 4) is 56.2 Å². The third-order valence-corrected chi connectivity index (χ3v) is 12.6. The van der Waals surface area contributed by atoms with Crippen LogP contribution >= 0.6 is 11.3 Å². The van der Waals surface area contributed by atoms with Crippen LogP contribution in [-0.2, 0) is 5.41 Å². The highest BCUT2D eigenvalue weighted by atomic mass is 32.1. The van der Waals surface area contributed by atoms with Gasteiger partial charge in [-0.3, -0.25) is 0 Å². The van der Waals surface area contributed by atoms with E-state index >= 15 is 0 Å². The molecule has 0 fully saturated rings. The Hall–Kier alpha value is -6.94. The lowest BCUT2D eigenvalue weighted by Gasteiger charge is -2.34. The van der Waals surface area contributed by atoms with Crippen molar-refractivity contribution in [2.45, 2.75) is 5.41 Å². The van der Waals surface area contributed by atoms with Gasteiger partial charge in [0.05, 0.1) is 16.8 Å². The zero-order valence-electron chi connectivity index (χ0n) is 30.4. The largest absolute Gasteiger partial charge is 0.228 e. The summed E-state index contributed by atoms with van der Waals surface area (Å²) >= 11 is 1.88. The highest BCUT2D eigenvalue weighted by molar-refractivity contribution is 7.25. The van der Waals surface area contributed by atoms with Crippen molar-refractivity contribution in [1.29, 1.82) is 0 Å². The van der Waals surface area contributed by atoms with Crippen LogP contribution in [0.4, 0.5) is 0 Å². The van der Waals surface area contributed by atoms with Crippen LogP contribution in [0.15, 0.2) is 206 Å². The van der Waals surface area contributed by atoms with E-state index in [9.17, 15) is 0 Å². The standard InChI is InChI=1S/C53H34N2S/c1-3-13-35(14-4-1)36-23-25-37(26-24-36)48-34-49(55-52(54-48)39-15-5-2-6-16-39)38-27-29-40(30-28-38)53(46-20-10-7-17-42(46)43-18-8-11-21-47(43)53)41-31-32-45-44-19-9-12-22-50(44)56-51(45)33-41/h1-34H. The monoisotopic (exact) mass is 730 g/mol. The van der Waals surface area contributed by atoms with Gasteiger partial charge in [0, 0.05) is 36.9 Å². The lowest BCUT2D eigenvalue weighted by molar-refractivity contribution is 0.770. The summed E-state index contributed by atoms with van der Waals surface area (Å²) < 4.78 is 2.62. The summed E-state index contributed by atoms with van der Waals surface area (Å²) in [5.41, 5.74) is 14.4. The Morgan fingerprint density at radius 1 is 0.339 bits per heavy atom. The molecule has 0 atom stereocenters. The van der Waals surface area contributed by atoms with Crippen molar-refractivity contribution in [3.05, 3.63) is 229 Å². The van der Waals surface area contributed by atoms with Gasteiger partial charge < -0.3 is 0 Å². The van der Waals surface area contributed by atoms with Gasteiger partial charge in [0.25, 0.3) is 0 Å². The Morgan fingerprint density at radius 2 is 0.821 bits per heavy atom. The molecule has 2 nitrogen and oxygen atoms in total. The van der Waals surface area contributed by atoms with Gasteiger partial charge in [-0.05, 0) is 62.7 Å². The van der Waals surface area contributed by atoms with Crippen LogP contribution in [0.1, 0.15) is 22.3 Å². The van der Waals surface area contributed by atoms with Crippen molar-refractivity contribution in [1.82, 2.24) is 9.97 Å². The maximum absolute atomic E-state index is 5.18. The molecule has 2 aromatic heterocycles. The van der Waals surface area contributed by atoms with E-state index in [-0.39, 0.29) is 0 Å². The highest BCUT2D eigenvalue weighted by Crippen LogP contribution is 2.56. The van der Waals surface area contributed by atoms with Gasteiger partial charge in [0.15, 0.2) is 5.82 Å². The zero-order valence-corrected chi connectivity index (χ0v) is 31.2. The highest BCUT2D eigenvalue weighted by Gasteiger charge is 2.46. The minimum absolute atomic E-state index is 0.497. The molecule has 1 aliphatic rings. The van der Waals surface area contributed by atoms with E-state index in [4.69, 9.17) is 9.97 Å². The van der Waals surface area contributed by atoms with Crippen LogP contribution in [0.2, 0.25) is 0 Å². The number of nitrogens with zero attached hydrogens (tertiary/aromatic N) is 2. The first-order valence-corrected chi connectivity index (χ1v) is 19.9. The molecular weight excluding hydrogens is 697 g/mol. The molecule has 8 aromatic carbocycles. The van der Waals surface area contributed by atoms with Gasteiger partial charge in [0.2, 0.25) is 0 Å². The van der Waals surface area contributed by atoms with Crippen molar-refractivity contribution in [2.24, 2.45) is 0 Å². The normalized spacial score (nSPS) is 12.8. The molecule has 0 unspecified atom stereocenters. The summed E-state index contributed by atoms with van der Waals surface area (Å²) in [6.07, 6.45) is 0. The van der Waals surface area contributed by atoms with Crippen LogP contribution in [0.3, 0.4) is 0 Å². The molecule has 0 N–H and O–H groups in total. The van der Waals surface area contributed by atoms with Crippen molar-refractivity contribution >= 4 is 31.5 Å². The Kier molecular flexibility index (Phi) is 7.61. The number of hydrogen-bond donors (Lipinski definition) is 0. The minimum atomic E-state index is -0.497. The maximum atomic E-state index is 5.18. The smallest absolute Gasteiger partial charge is 0.160 e. The Balaban J connectivity index is 1.07. The third-order valence-electron chi connectivity index (χ3n) is 11.4. The molecule has 0 saturated carbocycles. The molecule has 0 radical (unpaired) electrons. The van der Waals surface area contributed by atoms with Gasteiger partial charge in [-0.15, -0.1) is 11.3 Å². The Labute approximate surface area is 330 Å². The molecule has 262 valence electrons. The SMILES string of the molecule is c1ccc(-c2ccc(-c3cc(-c4ccc(C5(c6ccc7c(c6)sc6ccccc67)c6ccccc6-c6ccccc65)cc4)nc(-c4ccccc4)n3)cc2)cc1. The van der Waals surface area contributed by atoms with Gasteiger partial charge in [-0.1, -0.05) is 188 Å². The molecule has 0 saturated heterocycles. The second-order valence-corrected chi connectivity index (χ2v) is 15.6. The van der Waals surface area contributed by atoms with E-state index in [1.165, 1.54) is 64.7 Å². The van der Waals surface area contributed by atoms with E-state index in [1.54, 1.807) is 0 Å². The molecule has 56 heavy (non-hydrogen) atoms. The summed E-state index contributed by atoms with van der Waals surface area (Å²) in [5, 5.41) is 2.62. The Morgan fingerprint density at radius 3 is 1.48 bits per heavy atom. The fraction of sp³-hybridized carbons (Fsp3) is 0.0189. The average molecular weight is 731 g/mol. The number of fused-ring (bicyclic) bond motifs is 6.